The third-order valence-electron chi connectivity index (χ3n) is 4.69. The molecule has 132 valence electrons. The Labute approximate surface area is 153 Å². The van der Waals surface area contributed by atoms with E-state index in [1.807, 2.05) is 61.2 Å². The molecule has 1 saturated carbocycles. The van der Waals surface area contributed by atoms with Gasteiger partial charge in [0.15, 0.2) is 0 Å². The largest absolute Gasteiger partial charge is 0.346 e. The lowest BCUT2D eigenvalue weighted by atomic mass is 10.1. The summed E-state index contributed by atoms with van der Waals surface area (Å²) >= 11 is 0. The molecule has 0 spiro atoms. The van der Waals surface area contributed by atoms with E-state index in [1.54, 1.807) is 6.20 Å². The molecule has 1 aliphatic rings. The van der Waals surface area contributed by atoms with Crippen molar-refractivity contribution in [3.63, 3.8) is 0 Å². The molecule has 3 aromatic rings. The van der Waals surface area contributed by atoms with E-state index in [4.69, 9.17) is 0 Å². The molecule has 1 N–H and O–H groups in total. The lowest BCUT2D eigenvalue weighted by Gasteiger charge is -2.22. The number of aryl methyl sites for hydroxylation is 2. The number of hydrogen-bond donors (Lipinski definition) is 1. The summed E-state index contributed by atoms with van der Waals surface area (Å²) in [4.78, 5) is 27.3. The van der Waals surface area contributed by atoms with Crippen LogP contribution in [-0.2, 0) is 6.54 Å². The molecule has 1 aliphatic carbocycles. The molecule has 4 rings (SSSR count). The van der Waals surface area contributed by atoms with Crippen molar-refractivity contribution < 1.29 is 4.79 Å². The minimum absolute atomic E-state index is 0.0601. The molecule has 0 atom stereocenters. The van der Waals surface area contributed by atoms with Gasteiger partial charge in [-0.1, -0.05) is 18.2 Å². The molecule has 2 aromatic heterocycles. The molecular weight excluding hydrogens is 324 g/mol. The first-order valence-electron chi connectivity index (χ1n) is 8.96. The summed E-state index contributed by atoms with van der Waals surface area (Å²) < 4.78 is 0. The third-order valence-corrected chi connectivity index (χ3v) is 4.69. The Bertz CT molecular complexity index is 928. The number of nitrogens with zero attached hydrogens (tertiary/aromatic N) is 3. The monoisotopic (exact) mass is 346 g/mol. The van der Waals surface area contributed by atoms with Crippen LogP contribution in [0.2, 0.25) is 0 Å². The number of hydrogen-bond acceptors (Lipinski definition) is 3. The minimum Gasteiger partial charge on any atom is -0.346 e. The molecule has 5 nitrogen and oxygen atoms in total. The fraction of sp³-hybridized carbons (Fsp3) is 0.286. The summed E-state index contributed by atoms with van der Waals surface area (Å²) in [7, 11) is 0. The Morgan fingerprint density at radius 3 is 2.69 bits per heavy atom. The molecule has 0 bridgehead atoms. The molecule has 5 heteroatoms. The number of carbonyl (C=O) groups is 1. The van der Waals surface area contributed by atoms with Crippen LogP contribution in [0.4, 0.5) is 0 Å². The van der Waals surface area contributed by atoms with Crippen molar-refractivity contribution in [3.8, 4) is 11.3 Å². The maximum Gasteiger partial charge on any atom is 0.254 e. The first-order chi connectivity index (χ1) is 12.6. The van der Waals surface area contributed by atoms with Gasteiger partial charge in [0.05, 0.1) is 17.9 Å². The molecule has 1 amide bonds. The van der Waals surface area contributed by atoms with E-state index < -0.39 is 0 Å². The number of pyridine rings is 1. The number of nitrogens with one attached hydrogen (secondary N) is 1. The average Bonchev–Trinajstić information content (AvgIpc) is 3.44. The maximum atomic E-state index is 13.2. The van der Waals surface area contributed by atoms with E-state index >= 15 is 0 Å². The lowest BCUT2D eigenvalue weighted by molar-refractivity contribution is 0.0728. The fourth-order valence-corrected chi connectivity index (χ4v) is 3.28. The molecule has 2 heterocycles. The quantitative estimate of drug-likeness (QED) is 0.762. The molecule has 0 saturated heterocycles. The number of aromatic amines is 1. The van der Waals surface area contributed by atoms with Gasteiger partial charge in [-0.25, -0.2) is 4.98 Å². The predicted octanol–water partition coefficient (Wildman–Crippen LogP) is 3.89. The number of imidazole rings is 1. The van der Waals surface area contributed by atoms with E-state index in [1.165, 1.54) is 0 Å². The van der Waals surface area contributed by atoms with Crippen LogP contribution in [-0.4, -0.2) is 31.8 Å². The highest BCUT2D eigenvalue weighted by Gasteiger charge is 2.33. The van der Waals surface area contributed by atoms with Crippen molar-refractivity contribution in [1.29, 1.82) is 0 Å². The topological polar surface area (TPSA) is 61.9 Å². The van der Waals surface area contributed by atoms with Crippen molar-refractivity contribution in [3.05, 3.63) is 71.4 Å². The maximum absolute atomic E-state index is 13.2. The Balaban J connectivity index is 1.62. The van der Waals surface area contributed by atoms with E-state index in [9.17, 15) is 4.79 Å². The van der Waals surface area contributed by atoms with Crippen molar-refractivity contribution in [2.24, 2.45) is 0 Å². The number of aromatic nitrogens is 3. The van der Waals surface area contributed by atoms with Gasteiger partial charge in [-0.3, -0.25) is 9.78 Å². The number of benzene rings is 1. The van der Waals surface area contributed by atoms with Crippen LogP contribution in [0.25, 0.3) is 11.3 Å². The summed E-state index contributed by atoms with van der Waals surface area (Å²) in [6.45, 7) is 4.49. The smallest absolute Gasteiger partial charge is 0.254 e. The van der Waals surface area contributed by atoms with E-state index in [-0.39, 0.29) is 5.91 Å². The van der Waals surface area contributed by atoms with Crippen LogP contribution >= 0.6 is 0 Å². The molecule has 1 aromatic carbocycles. The number of H-pyrrole nitrogens is 1. The molecule has 1 fully saturated rings. The Morgan fingerprint density at radius 2 is 2.04 bits per heavy atom. The zero-order chi connectivity index (χ0) is 18.1. The zero-order valence-corrected chi connectivity index (χ0v) is 15.1. The van der Waals surface area contributed by atoms with Gasteiger partial charge in [0.2, 0.25) is 0 Å². The molecule has 0 radical (unpaired) electrons. The van der Waals surface area contributed by atoms with Crippen LogP contribution in [0.5, 0.6) is 0 Å². The van der Waals surface area contributed by atoms with Gasteiger partial charge < -0.3 is 9.88 Å². The average molecular weight is 346 g/mol. The van der Waals surface area contributed by atoms with Gasteiger partial charge in [0.1, 0.15) is 5.82 Å². The predicted molar refractivity (Wildman–Crippen MR) is 101 cm³/mol. The minimum atomic E-state index is 0.0601. The number of rotatable bonds is 5. The second kappa shape index (κ2) is 6.75. The van der Waals surface area contributed by atoms with Crippen molar-refractivity contribution in [2.75, 3.05) is 0 Å². The molecule has 0 unspecified atom stereocenters. The van der Waals surface area contributed by atoms with Gasteiger partial charge in [0, 0.05) is 29.1 Å². The Morgan fingerprint density at radius 1 is 1.19 bits per heavy atom. The van der Waals surface area contributed by atoms with E-state index in [0.717, 1.165) is 41.3 Å². The molecule has 26 heavy (non-hydrogen) atoms. The normalized spacial score (nSPS) is 13.6. The summed E-state index contributed by atoms with van der Waals surface area (Å²) in [6.07, 6.45) is 3.90. The van der Waals surface area contributed by atoms with Gasteiger partial charge in [-0.15, -0.1) is 0 Å². The van der Waals surface area contributed by atoms with Crippen molar-refractivity contribution in [1.82, 2.24) is 19.9 Å². The second-order valence-corrected chi connectivity index (χ2v) is 6.86. The summed E-state index contributed by atoms with van der Waals surface area (Å²) in [6, 6.07) is 13.9. The van der Waals surface area contributed by atoms with Gasteiger partial charge in [-0.05, 0) is 51.0 Å². The first kappa shape index (κ1) is 16.5. The van der Waals surface area contributed by atoms with Gasteiger partial charge >= 0.3 is 0 Å². The van der Waals surface area contributed by atoms with Gasteiger partial charge in [0.25, 0.3) is 5.91 Å². The van der Waals surface area contributed by atoms with Crippen LogP contribution in [0.15, 0.2) is 48.7 Å². The van der Waals surface area contributed by atoms with Gasteiger partial charge in [-0.2, -0.15) is 0 Å². The van der Waals surface area contributed by atoms with Crippen LogP contribution < -0.4 is 0 Å². The van der Waals surface area contributed by atoms with E-state index in [0.29, 0.717) is 18.2 Å². The third kappa shape index (κ3) is 3.38. The number of amides is 1. The van der Waals surface area contributed by atoms with Crippen molar-refractivity contribution >= 4 is 5.91 Å². The second-order valence-electron chi connectivity index (χ2n) is 6.86. The lowest BCUT2D eigenvalue weighted by Crippen LogP contribution is -2.32. The standard InChI is InChI=1S/C21H22N4O/c1-14-20(24-15(2)23-14)16-6-5-7-17(12-16)21(26)25(19-9-10-19)13-18-8-3-4-11-22-18/h3-8,11-12,19H,9-10,13H2,1-2H3,(H,23,24). The summed E-state index contributed by atoms with van der Waals surface area (Å²) in [5, 5.41) is 0. The SMILES string of the molecule is Cc1nc(-c2cccc(C(=O)N(Cc3ccccn3)C3CC3)c2)c(C)[nH]1. The van der Waals surface area contributed by atoms with E-state index in [2.05, 4.69) is 15.0 Å². The molecule has 0 aliphatic heterocycles. The first-order valence-corrected chi connectivity index (χ1v) is 8.96. The number of carbonyl (C=O) groups excluding carboxylic acids is 1. The summed E-state index contributed by atoms with van der Waals surface area (Å²) in [5.41, 5.74) is 4.50. The molecular formula is C21H22N4O. The Hall–Kier alpha value is -2.95. The highest BCUT2D eigenvalue weighted by molar-refractivity contribution is 5.95. The van der Waals surface area contributed by atoms with Crippen LogP contribution in [0.1, 0.15) is 40.4 Å². The fourth-order valence-electron chi connectivity index (χ4n) is 3.28. The van der Waals surface area contributed by atoms with Crippen LogP contribution in [0, 0.1) is 13.8 Å². The van der Waals surface area contributed by atoms with Crippen LogP contribution in [0.3, 0.4) is 0 Å². The highest BCUT2D eigenvalue weighted by Crippen LogP contribution is 2.30. The Kier molecular flexibility index (Phi) is 4.29. The van der Waals surface area contributed by atoms with Crippen molar-refractivity contribution in [2.45, 2.75) is 39.3 Å². The zero-order valence-electron chi connectivity index (χ0n) is 15.1. The highest BCUT2D eigenvalue weighted by atomic mass is 16.2. The summed E-state index contributed by atoms with van der Waals surface area (Å²) in [5.74, 6) is 0.939.